The lowest BCUT2D eigenvalue weighted by atomic mass is 10.0. The number of allylic oxidation sites excluding steroid dienone is 32. The molecular formula is C89H144O16P2. The number of rotatable bonds is 75. The predicted molar refractivity (Wildman–Crippen MR) is 444 cm³/mol. The number of phosphoric ester groups is 2. The van der Waals surface area contributed by atoms with Crippen LogP contribution >= 0.6 is 15.6 Å². The molecule has 0 spiro atoms. The molecule has 5 atom stereocenters. The first-order chi connectivity index (χ1) is 52.2. The van der Waals surface area contributed by atoms with Crippen LogP contribution in [0.4, 0.5) is 0 Å². The molecule has 0 rings (SSSR count). The molecular weight excluding hydrogens is 1390 g/mol. The fourth-order valence-corrected chi connectivity index (χ4v) is 11.8. The third-order valence-electron chi connectivity index (χ3n) is 16.3. The second kappa shape index (κ2) is 79.9. The lowest BCUT2D eigenvalue weighted by Crippen LogP contribution is -2.30. The van der Waals surface area contributed by atoms with E-state index < -0.39 is 91.5 Å². The Hall–Kier alpha value is -5.61. The minimum Gasteiger partial charge on any atom is -0.463 e. The third-order valence-corrected chi connectivity index (χ3v) is 18.2. The summed E-state index contributed by atoms with van der Waals surface area (Å²) in [5.41, 5.74) is 0. The highest BCUT2D eigenvalue weighted by molar-refractivity contribution is 7.47. The molecule has 0 aliphatic heterocycles. The van der Waals surface area contributed by atoms with Gasteiger partial charge in [0.15, 0.2) is 6.10 Å². The largest absolute Gasteiger partial charge is 0.472 e. The highest BCUT2D eigenvalue weighted by Crippen LogP contribution is 2.45. The average molecular weight is 1530 g/mol. The number of hydrogen-bond donors (Lipinski definition) is 4. The number of ether oxygens (including phenoxy) is 3. The van der Waals surface area contributed by atoms with Gasteiger partial charge in [-0.2, -0.15) is 0 Å². The lowest BCUT2D eigenvalue weighted by molar-refractivity contribution is -0.161. The van der Waals surface area contributed by atoms with Crippen LogP contribution in [0.3, 0.4) is 0 Å². The van der Waals surface area contributed by atoms with E-state index in [4.69, 9.17) is 32.3 Å². The van der Waals surface area contributed by atoms with E-state index in [-0.39, 0.29) is 19.3 Å². The van der Waals surface area contributed by atoms with Gasteiger partial charge >= 0.3 is 33.6 Å². The number of phosphoric acid groups is 2. The number of esters is 3. The molecule has 0 aromatic carbocycles. The quantitative estimate of drug-likeness (QED) is 0.0146. The highest BCUT2D eigenvalue weighted by atomic mass is 31.2. The van der Waals surface area contributed by atoms with Crippen molar-refractivity contribution < 1.29 is 75.8 Å². The topological polar surface area (TPSA) is 231 Å². The maximum absolute atomic E-state index is 13.0. The van der Waals surface area contributed by atoms with E-state index >= 15 is 0 Å². The Kier molecular flexibility index (Phi) is 75.7. The fraction of sp³-hybridized carbons (Fsp3) is 0.607. The smallest absolute Gasteiger partial charge is 0.463 e. The first-order valence-corrected chi connectivity index (χ1v) is 43.7. The van der Waals surface area contributed by atoms with Gasteiger partial charge in [-0.3, -0.25) is 32.5 Å². The van der Waals surface area contributed by atoms with Crippen LogP contribution in [0.1, 0.15) is 290 Å². The first-order valence-electron chi connectivity index (χ1n) is 40.7. The average Bonchev–Trinajstić information content (AvgIpc) is 0.907. The van der Waals surface area contributed by atoms with Crippen LogP contribution in [0.2, 0.25) is 0 Å². The summed E-state index contributed by atoms with van der Waals surface area (Å²) in [6.45, 7) is 2.23. The van der Waals surface area contributed by atoms with Crippen LogP contribution in [0.5, 0.6) is 0 Å². The number of carbonyl (C=O) groups is 3. The van der Waals surface area contributed by atoms with Gasteiger partial charge in [0.1, 0.15) is 25.4 Å². The van der Waals surface area contributed by atoms with Gasteiger partial charge in [-0.25, -0.2) is 9.13 Å². The van der Waals surface area contributed by atoms with Gasteiger partial charge in [-0.05, 0) is 154 Å². The Bertz CT molecular complexity index is 2720. The number of carbonyl (C=O) groups excluding carboxylic acids is 3. The molecule has 0 radical (unpaired) electrons. The van der Waals surface area contributed by atoms with Crippen molar-refractivity contribution in [3.63, 3.8) is 0 Å². The van der Waals surface area contributed by atoms with Crippen molar-refractivity contribution in [3.05, 3.63) is 194 Å². The van der Waals surface area contributed by atoms with E-state index in [1.807, 2.05) is 12.2 Å². The van der Waals surface area contributed by atoms with Gasteiger partial charge in [-0.1, -0.05) is 312 Å². The molecule has 4 N–H and O–H groups in total. The Morgan fingerprint density at radius 2 is 0.477 bits per heavy atom. The van der Waals surface area contributed by atoms with Crippen molar-refractivity contribution >= 4 is 33.6 Å². The Balaban J connectivity index is 4.56. The molecule has 0 aliphatic rings. The molecule has 107 heavy (non-hydrogen) atoms. The van der Waals surface area contributed by atoms with Crippen molar-refractivity contribution in [2.45, 2.75) is 309 Å². The zero-order valence-corrected chi connectivity index (χ0v) is 68.0. The summed E-state index contributed by atoms with van der Waals surface area (Å²) in [7, 11) is -9.83. The van der Waals surface area contributed by atoms with Gasteiger partial charge in [0.2, 0.25) is 0 Å². The minimum absolute atomic E-state index is 0.0146. The van der Waals surface area contributed by atoms with Gasteiger partial charge in [-0.15, -0.1) is 0 Å². The Morgan fingerprint density at radius 1 is 0.262 bits per heavy atom. The zero-order valence-electron chi connectivity index (χ0n) is 66.2. The van der Waals surface area contributed by atoms with Crippen molar-refractivity contribution in [1.82, 2.24) is 0 Å². The van der Waals surface area contributed by atoms with Gasteiger partial charge in [0, 0.05) is 19.3 Å². The van der Waals surface area contributed by atoms with E-state index in [1.54, 1.807) is 0 Å². The summed E-state index contributed by atoms with van der Waals surface area (Å²) in [6, 6.07) is 0. The van der Waals surface area contributed by atoms with Crippen LogP contribution in [-0.2, 0) is 55.8 Å². The third kappa shape index (κ3) is 81.2. The molecule has 0 heterocycles. The van der Waals surface area contributed by atoms with E-state index in [1.165, 1.54) is 64.2 Å². The van der Waals surface area contributed by atoms with Gasteiger partial charge in [0.05, 0.1) is 26.4 Å². The molecule has 18 heteroatoms. The van der Waals surface area contributed by atoms with Crippen LogP contribution in [0, 0.1) is 0 Å². The summed E-state index contributed by atoms with van der Waals surface area (Å²) in [6.07, 6.45) is 105. The van der Waals surface area contributed by atoms with Crippen molar-refractivity contribution in [2.24, 2.45) is 0 Å². The molecule has 16 nitrogen and oxygen atoms in total. The highest BCUT2D eigenvalue weighted by Gasteiger charge is 2.29. The molecule has 0 aromatic heterocycles. The molecule has 5 unspecified atom stereocenters. The Morgan fingerprint density at radius 3 is 0.766 bits per heavy atom. The van der Waals surface area contributed by atoms with E-state index in [0.717, 1.165) is 161 Å². The first kappa shape index (κ1) is 101. The van der Waals surface area contributed by atoms with Crippen LogP contribution < -0.4 is 0 Å². The minimum atomic E-state index is -4.96. The standard InChI is InChI=1S/C89H144O16P2/c1-4-7-10-13-16-19-22-25-28-31-33-35-36-37-38-39-40-41-42-43-44-45-46-48-50-52-54-57-60-63-66-69-72-75-87(92)99-78-84(90)79-101-106(95,96)102-80-85(91)81-103-107(97,98)104-83-86(105-89(94)77-74-71-68-65-62-59-56-51-30-27-24-21-18-15-12-9-6-3)82-100-88(93)76-73-70-67-64-61-58-55-53-49-47-34-32-29-26-23-20-17-14-11-8-5-2/h7-12,16-21,25-30,33-35,37-38,40-41,47,53,55-56,59,65,68,84-86,90-91H,4-6,13-15,22-24,31-32,36,39,42-46,48-52,54,57-58,60-64,66-67,69-83H2,1-3H3,(H,95,96)(H,97,98)/b10-7-,11-8-,12-9-,19-16-,20-17-,21-18-,28-25-,29-26-,30-27-,35-33-,38-37-,41-40-,47-34-,55-53-,59-56-,68-65-. The number of unbranched alkanes of at least 4 members (excludes halogenated alkanes) is 20. The van der Waals surface area contributed by atoms with Crippen LogP contribution in [-0.4, -0.2) is 95.9 Å². The van der Waals surface area contributed by atoms with Gasteiger partial charge < -0.3 is 34.2 Å². The van der Waals surface area contributed by atoms with Crippen molar-refractivity contribution in [2.75, 3.05) is 39.6 Å². The molecule has 0 saturated carbocycles. The second-order valence-electron chi connectivity index (χ2n) is 26.4. The molecule has 0 aliphatic carbocycles. The maximum atomic E-state index is 13.0. The second-order valence-corrected chi connectivity index (χ2v) is 29.3. The van der Waals surface area contributed by atoms with E-state index in [9.17, 15) is 43.5 Å². The van der Waals surface area contributed by atoms with Crippen LogP contribution in [0.15, 0.2) is 194 Å². The van der Waals surface area contributed by atoms with Crippen LogP contribution in [0.25, 0.3) is 0 Å². The summed E-state index contributed by atoms with van der Waals surface area (Å²) in [5, 5.41) is 20.7. The summed E-state index contributed by atoms with van der Waals surface area (Å²) in [5.74, 6) is -1.68. The number of aliphatic hydroxyl groups is 2. The maximum Gasteiger partial charge on any atom is 0.472 e. The predicted octanol–water partition coefficient (Wildman–Crippen LogP) is 24.3. The Labute approximate surface area is 648 Å². The molecule has 606 valence electrons. The molecule has 0 fully saturated rings. The van der Waals surface area contributed by atoms with E-state index in [2.05, 4.69) is 203 Å². The lowest BCUT2D eigenvalue weighted by Gasteiger charge is -2.21. The molecule has 0 bridgehead atoms. The van der Waals surface area contributed by atoms with Crippen molar-refractivity contribution in [1.29, 1.82) is 0 Å². The van der Waals surface area contributed by atoms with Gasteiger partial charge in [0.25, 0.3) is 0 Å². The number of hydrogen-bond acceptors (Lipinski definition) is 14. The van der Waals surface area contributed by atoms with E-state index in [0.29, 0.717) is 25.7 Å². The molecule has 0 amide bonds. The monoisotopic (exact) mass is 1530 g/mol. The zero-order chi connectivity index (χ0) is 78.0. The summed E-state index contributed by atoms with van der Waals surface area (Å²) in [4.78, 5) is 58.7. The SMILES string of the molecule is CC/C=C\C/C=C\C/C=C\C/C=C\C/C=C\C/C=C\CCCCCCCCCCCCCCCCC(=O)OCC(O)COP(=O)(O)OCC(O)COP(=O)(O)OCC(COC(=O)CCCCCCC/C=C\C/C=C\C/C=C\C/C=C\C/C=C\CC)OC(=O)CCC/C=C\C/C=C\C/C=C\C/C=C\C/C=C\CC. The molecule has 0 saturated heterocycles. The number of aliphatic hydroxyl groups excluding tert-OH is 2. The van der Waals surface area contributed by atoms with Crippen molar-refractivity contribution in [3.8, 4) is 0 Å². The fourth-order valence-electron chi connectivity index (χ4n) is 10.2. The normalized spacial score (nSPS) is 14.9. The summed E-state index contributed by atoms with van der Waals surface area (Å²) >= 11 is 0. The summed E-state index contributed by atoms with van der Waals surface area (Å²) < 4.78 is 61.1. The molecule has 0 aromatic rings.